The molecule has 18 heavy (non-hydrogen) atoms. The second-order valence-corrected chi connectivity index (χ2v) is 3.78. The van der Waals surface area contributed by atoms with Crippen LogP contribution in [0.4, 0.5) is 4.79 Å². The zero-order chi connectivity index (χ0) is 13.1. The number of ether oxygens (including phenoxy) is 1. The Morgan fingerprint density at radius 1 is 1.61 bits per heavy atom. The summed E-state index contributed by atoms with van der Waals surface area (Å²) >= 11 is 0. The van der Waals surface area contributed by atoms with Crippen molar-refractivity contribution in [1.82, 2.24) is 19.9 Å². The number of aromatic carboxylic acids is 1. The van der Waals surface area contributed by atoms with E-state index in [1.807, 2.05) is 0 Å². The Balaban J connectivity index is 1.86. The molecule has 8 heteroatoms. The number of nitrogens with zero attached hydrogens (tertiary/aromatic N) is 4. The smallest absolute Gasteiger partial charge is 0.410 e. The third-order valence-electron chi connectivity index (χ3n) is 2.50. The predicted octanol–water partition coefficient (Wildman–Crippen LogP) is 0.156. The summed E-state index contributed by atoms with van der Waals surface area (Å²) in [6.07, 6.45) is 2.25. The molecule has 0 bridgehead atoms. The molecule has 96 valence electrons. The van der Waals surface area contributed by atoms with Crippen molar-refractivity contribution in [3.8, 4) is 0 Å². The number of likely N-dealkylation sites (tertiary alicyclic amines) is 1. The van der Waals surface area contributed by atoms with Gasteiger partial charge in [-0.25, -0.2) is 9.59 Å². The highest BCUT2D eigenvalue weighted by atomic mass is 16.6. The van der Waals surface area contributed by atoms with E-state index in [9.17, 15) is 9.59 Å². The molecular formula is C10H12N4O4. The fourth-order valence-corrected chi connectivity index (χ4v) is 1.52. The van der Waals surface area contributed by atoms with Crippen molar-refractivity contribution in [2.24, 2.45) is 0 Å². The largest absolute Gasteiger partial charge is 0.476 e. The molecule has 0 saturated carbocycles. The number of carbonyl (C=O) groups excluding carboxylic acids is 1. The lowest BCUT2D eigenvalue weighted by molar-refractivity contribution is 0.0548. The number of aromatic nitrogens is 3. The molecule has 0 aromatic carbocycles. The molecule has 8 nitrogen and oxygen atoms in total. The summed E-state index contributed by atoms with van der Waals surface area (Å²) < 4.78 is 4.85. The van der Waals surface area contributed by atoms with Crippen LogP contribution in [0.15, 0.2) is 18.9 Å². The van der Waals surface area contributed by atoms with Crippen LogP contribution in [-0.2, 0) is 4.74 Å². The Morgan fingerprint density at radius 3 is 2.89 bits per heavy atom. The molecule has 1 N–H and O–H groups in total. The molecular weight excluding hydrogens is 240 g/mol. The van der Waals surface area contributed by atoms with Crippen LogP contribution in [0.25, 0.3) is 0 Å². The molecule has 0 spiro atoms. The second-order valence-electron chi connectivity index (χ2n) is 3.78. The van der Waals surface area contributed by atoms with Crippen LogP contribution in [0.3, 0.4) is 0 Å². The van der Waals surface area contributed by atoms with E-state index in [1.165, 1.54) is 22.0 Å². The third kappa shape index (κ3) is 2.31. The van der Waals surface area contributed by atoms with Gasteiger partial charge in [0.1, 0.15) is 12.6 Å². The molecule has 0 aliphatic carbocycles. The fraction of sp³-hybridized carbons (Fsp3) is 0.400. The van der Waals surface area contributed by atoms with Crippen LogP contribution in [0.1, 0.15) is 16.5 Å². The van der Waals surface area contributed by atoms with E-state index >= 15 is 0 Å². The lowest BCUT2D eigenvalue weighted by Gasteiger charge is -2.37. The summed E-state index contributed by atoms with van der Waals surface area (Å²) in [5.74, 6) is -1.12. The first kappa shape index (κ1) is 12.1. The van der Waals surface area contributed by atoms with Crippen molar-refractivity contribution in [3.63, 3.8) is 0 Å². The van der Waals surface area contributed by atoms with E-state index < -0.39 is 12.1 Å². The van der Waals surface area contributed by atoms with Gasteiger partial charge in [-0.3, -0.25) is 0 Å². The van der Waals surface area contributed by atoms with Crippen molar-refractivity contribution in [1.29, 1.82) is 0 Å². The van der Waals surface area contributed by atoms with Crippen LogP contribution in [-0.4, -0.2) is 56.8 Å². The lowest BCUT2D eigenvalue weighted by Crippen LogP contribution is -2.51. The van der Waals surface area contributed by atoms with E-state index in [4.69, 9.17) is 9.84 Å². The molecule has 1 aliphatic heterocycles. The van der Waals surface area contributed by atoms with Crippen molar-refractivity contribution in [2.75, 3.05) is 19.7 Å². The maximum Gasteiger partial charge on any atom is 0.410 e. The molecule has 1 aromatic rings. The van der Waals surface area contributed by atoms with Gasteiger partial charge < -0.3 is 14.7 Å². The number of carbonyl (C=O) groups is 2. The van der Waals surface area contributed by atoms with Crippen molar-refractivity contribution in [3.05, 3.63) is 24.5 Å². The topological polar surface area (TPSA) is 97.6 Å². The van der Waals surface area contributed by atoms with Gasteiger partial charge in [0.2, 0.25) is 0 Å². The first-order chi connectivity index (χ1) is 8.61. The third-order valence-corrected chi connectivity index (χ3v) is 2.50. The number of carboxylic acid groups (broad SMARTS) is 1. The van der Waals surface area contributed by atoms with Gasteiger partial charge in [-0.1, -0.05) is 12.7 Å². The standard InChI is InChI=1S/C10H12N4O4/c1-2-3-18-10(17)13-5-7(6-13)14-11-4-8(12-14)9(15)16/h2,4,7H,1,3,5-6H2,(H,15,16). The number of hydrogen-bond acceptors (Lipinski definition) is 5. The van der Waals surface area contributed by atoms with Crippen molar-refractivity contribution < 1.29 is 19.4 Å². The van der Waals surface area contributed by atoms with Gasteiger partial charge in [0, 0.05) is 0 Å². The summed E-state index contributed by atoms with van der Waals surface area (Å²) in [5.41, 5.74) is -0.109. The van der Waals surface area contributed by atoms with Gasteiger partial charge in [0.15, 0.2) is 5.69 Å². The van der Waals surface area contributed by atoms with Crippen LogP contribution in [0.2, 0.25) is 0 Å². The predicted molar refractivity (Wildman–Crippen MR) is 59.1 cm³/mol. The number of rotatable bonds is 4. The summed E-state index contributed by atoms with van der Waals surface area (Å²) in [6.45, 7) is 4.42. The van der Waals surface area contributed by atoms with E-state index in [0.717, 1.165) is 0 Å². The number of carboxylic acids is 1. The highest BCUT2D eigenvalue weighted by Gasteiger charge is 2.34. The summed E-state index contributed by atoms with van der Waals surface area (Å²) in [6, 6.07) is -0.102. The monoisotopic (exact) mass is 252 g/mol. The molecule has 1 aromatic heterocycles. The minimum absolute atomic E-state index is 0.102. The molecule has 1 aliphatic rings. The molecule has 0 radical (unpaired) electrons. The quantitative estimate of drug-likeness (QED) is 0.766. The van der Waals surface area contributed by atoms with E-state index in [0.29, 0.717) is 13.1 Å². The average Bonchev–Trinajstić information content (AvgIpc) is 2.73. The minimum atomic E-state index is -1.12. The van der Waals surface area contributed by atoms with Crippen LogP contribution < -0.4 is 0 Å². The Labute approximate surface area is 102 Å². The highest BCUT2D eigenvalue weighted by Crippen LogP contribution is 2.20. The molecule has 2 heterocycles. The van der Waals surface area contributed by atoms with Crippen LogP contribution in [0.5, 0.6) is 0 Å². The van der Waals surface area contributed by atoms with E-state index in [1.54, 1.807) is 0 Å². The zero-order valence-electron chi connectivity index (χ0n) is 9.52. The van der Waals surface area contributed by atoms with E-state index in [2.05, 4.69) is 16.8 Å². The van der Waals surface area contributed by atoms with Crippen molar-refractivity contribution in [2.45, 2.75) is 6.04 Å². The highest BCUT2D eigenvalue weighted by molar-refractivity contribution is 5.84. The average molecular weight is 252 g/mol. The molecule has 1 saturated heterocycles. The van der Waals surface area contributed by atoms with Gasteiger partial charge in [-0.05, 0) is 0 Å². The van der Waals surface area contributed by atoms with E-state index in [-0.39, 0.29) is 18.3 Å². The lowest BCUT2D eigenvalue weighted by atomic mass is 10.1. The minimum Gasteiger partial charge on any atom is -0.476 e. The van der Waals surface area contributed by atoms with Gasteiger partial charge >= 0.3 is 12.1 Å². The van der Waals surface area contributed by atoms with Gasteiger partial charge in [-0.2, -0.15) is 9.90 Å². The van der Waals surface area contributed by atoms with Crippen LogP contribution in [0, 0.1) is 0 Å². The Morgan fingerprint density at radius 2 is 2.33 bits per heavy atom. The summed E-state index contributed by atoms with van der Waals surface area (Å²) in [7, 11) is 0. The Kier molecular flexibility index (Phi) is 3.26. The SMILES string of the molecule is C=CCOC(=O)N1CC(n2ncc(C(=O)O)n2)C1. The maximum absolute atomic E-state index is 11.4. The van der Waals surface area contributed by atoms with Gasteiger partial charge in [-0.15, -0.1) is 5.10 Å². The fourth-order valence-electron chi connectivity index (χ4n) is 1.52. The summed E-state index contributed by atoms with van der Waals surface area (Å²) in [5, 5.41) is 16.3. The maximum atomic E-state index is 11.4. The molecule has 0 atom stereocenters. The summed E-state index contributed by atoms with van der Waals surface area (Å²) in [4.78, 5) is 24.8. The molecule has 1 fully saturated rings. The molecule has 0 unspecified atom stereocenters. The zero-order valence-corrected chi connectivity index (χ0v) is 9.52. The first-order valence-corrected chi connectivity index (χ1v) is 5.29. The van der Waals surface area contributed by atoms with Crippen LogP contribution >= 0.6 is 0 Å². The molecule has 2 rings (SSSR count). The Hall–Kier alpha value is -2.38. The normalized spacial score (nSPS) is 15.0. The first-order valence-electron chi connectivity index (χ1n) is 5.29. The number of hydrogen-bond donors (Lipinski definition) is 1. The number of amides is 1. The van der Waals surface area contributed by atoms with Crippen molar-refractivity contribution >= 4 is 12.1 Å². The van der Waals surface area contributed by atoms with Gasteiger partial charge in [0.05, 0.1) is 19.3 Å². The van der Waals surface area contributed by atoms with Gasteiger partial charge in [0.25, 0.3) is 0 Å². The Bertz CT molecular complexity index is 478. The molecule has 1 amide bonds. The second kappa shape index (κ2) is 4.86.